The summed E-state index contributed by atoms with van der Waals surface area (Å²) in [6.45, 7) is 1.61. The third-order valence-electron chi connectivity index (χ3n) is 2.10. The minimum atomic E-state index is -0.637. The molecule has 0 aliphatic carbocycles. The number of anilines is 1. The summed E-state index contributed by atoms with van der Waals surface area (Å²) in [5.74, 6) is 0. The van der Waals surface area contributed by atoms with Gasteiger partial charge in [0.25, 0.3) is 0 Å². The van der Waals surface area contributed by atoms with Gasteiger partial charge in [-0.15, -0.1) is 0 Å². The van der Waals surface area contributed by atoms with Crippen LogP contribution in [0.25, 0.3) is 0 Å². The van der Waals surface area contributed by atoms with Crippen LogP contribution in [0.4, 0.5) is 5.69 Å². The maximum absolute atomic E-state index is 9.26. The van der Waals surface area contributed by atoms with Crippen molar-refractivity contribution < 1.29 is 5.11 Å². The molecule has 0 bridgehead atoms. The zero-order chi connectivity index (χ0) is 10.7. The summed E-state index contributed by atoms with van der Waals surface area (Å²) >= 11 is 0. The number of hydrogen-bond acceptors (Lipinski definition) is 4. The van der Waals surface area contributed by atoms with E-state index in [0.717, 1.165) is 5.56 Å². The number of aliphatic hydroxyl groups excluding tert-OH is 1. The van der Waals surface area contributed by atoms with E-state index in [2.05, 4.69) is 0 Å². The van der Waals surface area contributed by atoms with Crippen molar-refractivity contribution in [1.29, 1.82) is 5.26 Å². The summed E-state index contributed by atoms with van der Waals surface area (Å²) < 4.78 is 0. The van der Waals surface area contributed by atoms with Crippen LogP contribution in [0.1, 0.15) is 24.1 Å². The second-order valence-electron chi connectivity index (χ2n) is 3.22. The highest BCUT2D eigenvalue weighted by molar-refractivity contribution is 5.55. The molecule has 14 heavy (non-hydrogen) atoms. The van der Waals surface area contributed by atoms with E-state index in [4.69, 9.17) is 16.7 Å². The smallest absolute Gasteiger partial charge is 0.101 e. The maximum Gasteiger partial charge on any atom is 0.101 e. The fourth-order valence-corrected chi connectivity index (χ4v) is 1.17. The van der Waals surface area contributed by atoms with Crippen molar-refractivity contribution in [3.63, 3.8) is 0 Å². The number of rotatable bonds is 2. The lowest BCUT2D eigenvalue weighted by Crippen LogP contribution is -2.23. The molecule has 0 amide bonds. The lowest BCUT2D eigenvalue weighted by atomic mass is 10.0. The van der Waals surface area contributed by atoms with E-state index in [1.54, 1.807) is 25.1 Å². The van der Waals surface area contributed by atoms with E-state index in [9.17, 15) is 5.11 Å². The van der Waals surface area contributed by atoms with Crippen molar-refractivity contribution in [2.45, 2.75) is 19.1 Å². The summed E-state index contributed by atoms with van der Waals surface area (Å²) in [5, 5.41) is 17.9. The standard InChI is InChI=1S/C10H13N3O/c1-6(14)10(13)7-2-3-8(5-11)9(12)4-7/h2-4,6,10,14H,12-13H2,1H3/t6?,10-/m1/s1. The third kappa shape index (κ3) is 2.02. The van der Waals surface area contributed by atoms with Gasteiger partial charge in [0.1, 0.15) is 6.07 Å². The Kier molecular flexibility index (Phi) is 3.07. The molecular weight excluding hydrogens is 178 g/mol. The number of aliphatic hydroxyl groups is 1. The molecule has 1 aromatic carbocycles. The Morgan fingerprint density at radius 3 is 2.57 bits per heavy atom. The van der Waals surface area contributed by atoms with Gasteiger partial charge in [0, 0.05) is 5.69 Å². The minimum absolute atomic E-state index is 0.390. The van der Waals surface area contributed by atoms with Crippen LogP contribution in [0.2, 0.25) is 0 Å². The summed E-state index contributed by atoms with van der Waals surface area (Å²) in [4.78, 5) is 0. The van der Waals surface area contributed by atoms with Crippen LogP contribution < -0.4 is 11.5 Å². The SMILES string of the molecule is CC(O)[C@@H](N)c1ccc(C#N)c(N)c1. The molecule has 0 radical (unpaired) electrons. The topological polar surface area (TPSA) is 96.1 Å². The first-order valence-electron chi connectivity index (χ1n) is 4.29. The first-order chi connectivity index (χ1) is 6.56. The normalized spacial score (nSPS) is 14.4. The summed E-state index contributed by atoms with van der Waals surface area (Å²) in [5.41, 5.74) is 12.9. The summed E-state index contributed by atoms with van der Waals surface area (Å²) in [7, 11) is 0. The lowest BCUT2D eigenvalue weighted by Gasteiger charge is -2.15. The van der Waals surface area contributed by atoms with Crippen LogP contribution in [-0.4, -0.2) is 11.2 Å². The number of nitrogens with zero attached hydrogens (tertiary/aromatic N) is 1. The van der Waals surface area contributed by atoms with Crippen molar-refractivity contribution in [1.82, 2.24) is 0 Å². The number of hydrogen-bond donors (Lipinski definition) is 3. The van der Waals surface area contributed by atoms with Gasteiger partial charge in [0.05, 0.1) is 17.7 Å². The highest BCUT2D eigenvalue weighted by Gasteiger charge is 2.12. The van der Waals surface area contributed by atoms with Gasteiger partial charge in [0.15, 0.2) is 0 Å². The minimum Gasteiger partial charge on any atom is -0.398 e. The molecule has 1 unspecified atom stereocenters. The second kappa shape index (κ2) is 4.09. The molecule has 0 fully saturated rings. The van der Waals surface area contributed by atoms with Crippen molar-refractivity contribution in [2.24, 2.45) is 5.73 Å². The van der Waals surface area contributed by atoms with E-state index in [0.29, 0.717) is 11.3 Å². The van der Waals surface area contributed by atoms with E-state index in [1.165, 1.54) is 0 Å². The van der Waals surface area contributed by atoms with Gasteiger partial charge in [-0.2, -0.15) is 5.26 Å². The maximum atomic E-state index is 9.26. The highest BCUT2D eigenvalue weighted by Crippen LogP contribution is 2.19. The molecule has 1 aromatic rings. The summed E-state index contributed by atoms with van der Waals surface area (Å²) in [6.07, 6.45) is -0.637. The molecule has 0 aliphatic heterocycles. The first kappa shape index (κ1) is 10.5. The average molecular weight is 191 g/mol. The fraction of sp³-hybridized carbons (Fsp3) is 0.300. The molecule has 1 rings (SSSR count). The number of nitriles is 1. The van der Waals surface area contributed by atoms with Gasteiger partial charge in [-0.05, 0) is 24.6 Å². The Morgan fingerprint density at radius 2 is 2.14 bits per heavy atom. The van der Waals surface area contributed by atoms with Crippen molar-refractivity contribution in [2.75, 3.05) is 5.73 Å². The average Bonchev–Trinajstić information content (AvgIpc) is 2.16. The van der Waals surface area contributed by atoms with Gasteiger partial charge in [-0.1, -0.05) is 6.07 Å². The van der Waals surface area contributed by atoms with Gasteiger partial charge in [0.2, 0.25) is 0 Å². The molecule has 2 atom stereocenters. The molecular formula is C10H13N3O. The second-order valence-corrected chi connectivity index (χ2v) is 3.22. The highest BCUT2D eigenvalue weighted by atomic mass is 16.3. The van der Waals surface area contributed by atoms with E-state index >= 15 is 0 Å². The predicted molar refractivity (Wildman–Crippen MR) is 54.2 cm³/mol. The lowest BCUT2D eigenvalue weighted by molar-refractivity contribution is 0.164. The van der Waals surface area contributed by atoms with Crippen LogP contribution in [0.5, 0.6) is 0 Å². The zero-order valence-corrected chi connectivity index (χ0v) is 7.94. The number of nitrogen functional groups attached to an aromatic ring is 1. The predicted octanol–water partition coefficient (Wildman–Crippen LogP) is 0.521. The monoisotopic (exact) mass is 191 g/mol. The van der Waals surface area contributed by atoms with Gasteiger partial charge in [-0.3, -0.25) is 0 Å². The van der Waals surface area contributed by atoms with Crippen molar-refractivity contribution in [3.05, 3.63) is 29.3 Å². The Hall–Kier alpha value is -1.57. The largest absolute Gasteiger partial charge is 0.398 e. The van der Waals surface area contributed by atoms with Crippen LogP contribution in [-0.2, 0) is 0 Å². The van der Waals surface area contributed by atoms with E-state index in [-0.39, 0.29) is 0 Å². The third-order valence-corrected chi connectivity index (χ3v) is 2.10. The molecule has 0 saturated heterocycles. The van der Waals surface area contributed by atoms with Crippen LogP contribution >= 0.6 is 0 Å². The van der Waals surface area contributed by atoms with Crippen molar-refractivity contribution in [3.8, 4) is 6.07 Å². The van der Waals surface area contributed by atoms with E-state index in [1.807, 2.05) is 6.07 Å². The zero-order valence-electron chi connectivity index (χ0n) is 7.94. The molecule has 4 heteroatoms. The Balaban J connectivity index is 3.04. The molecule has 0 aromatic heterocycles. The first-order valence-corrected chi connectivity index (χ1v) is 4.29. The Morgan fingerprint density at radius 1 is 1.50 bits per heavy atom. The summed E-state index contributed by atoms with van der Waals surface area (Å²) in [6, 6.07) is 6.42. The molecule has 5 N–H and O–H groups in total. The molecule has 0 heterocycles. The fourth-order valence-electron chi connectivity index (χ4n) is 1.17. The van der Waals surface area contributed by atoms with Gasteiger partial charge in [-0.25, -0.2) is 0 Å². The van der Waals surface area contributed by atoms with Crippen LogP contribution in [0.3, 0.4) is 0 Å². The van der Waals surface area contributed by atoms with Gasteiger partial charge < -0.3 is 16.6 Å². The van der Waals surface area contributed by atoms with Crippen LogP contribution in [0, 0.1) is 11.3 Å². The molecule has 0 saturated carbocycles. The quantitative estimate of drug-likeness (QED) is 0.594. The molecule has 4 nitrogen and oxygen atoms in total. The number of benzene rings is 1. The van der Waals surface area contributed by atoms with Gasteiger partial charge >= 0.3 is 0 Å². The molecule has 0 aliphatic rings. The Bertz CT molecular complexity index is 368. The molecule has 0 spiro atoms. The molecule has 74 valence electrons. The number of nitrogens with two attached hydrogens (primary N) is 2. The van der Waals surface area contributed by atoms with Crippen LogP contribution in [0.15, 0.2) is 18.2 Å². The van der Waals surface area contributed by atoms with Crippen molar-refractivity contribution >= 4 is 5.69 Å². The van der Waals surface area contributed by atoms with E-state index < -0.39 is 12.1 Å². The Labute approximate surface area is 82.8 Å².